The highest BCUT2D eigenvalue weighted by Gasteiger charge is 2.14. The van der Waals surface area contributed by atoms with Crippen molar-refractivity contribution >= 4 is 11.8 Å². The van der Waals surface area contributed by atoms with Crippen LogP contribution in [0.1, 0.15) is 18.1 Å². The lowest BCUT2D eigenvalue weighted by molar-refractivity contribution is 0.830. The number of nitriles is 1. The van der Waals surface area contributed by atoms with E-state index >= 15 is 0 Å². The van der Waals surface area contributed by atoms with Crippen LogP contribution in [0.25, 0.3) is 22.5 Å². The van der Waals surface area contributed by atoms with Crippen LogP contribution < -0.4 is 0 Å². The van der Waals surface area contributed by atoms with Crippen LogP contribution in [0, 0.1) is 31.1 Å². The van der Waals surface area contributed by atoms with E-state index in [9.17, 15) is 0 Å². The summed E-state index contributed by atoms with van der Waals surface area (Å²) in [7, 11) is 0. The van der Waals surface area contributed by atoms with Crippen molar-refractivity contribution in [3.63, 3.8) is 0 Å². The summed E-state index contributed by atoms with van der Waals surface area (Å²) in [6.45, 7) is 6.01. The first-order valence-electron chi connectivity index (χ1n) is 8.48. The number of hydrogen-bond acceptors (Lipinski definition) is 5. The van der Waals surface area contributed by atoms with E-state index in [2.05, 4.69) is 66.5 Å². The third-order valence-electron chi connectivity index (χ3n) is 4.00. The van der Waals surface area contributed by atoms with E-state index in [0.717, 1.165) is 22.5 Å². The SMILES string of the molecule is Cc1ccc(-c2nnc(SC[C@H](C)C#N)nc2-c2ccc(C)cc2)cc1. The van der Waals surface area contributed by atoms with Crippen molar-refractivity contribution < 1.29 is 0 Å². The highest BCUT2D eigenvalue weighted by molar-refractivity contribution is 7.99. The van der Waals surface area contributed by atoms with Crippen molar-refractivity contribution in [3.8, 4) is 28.6 Å². The van der Waals surface area contributed by atoms with Gasteiger partial charge in [0.05, 0.1) is 12.0 Å². The summed E-state index contributed by atoms with van der Waals surface area (Å²) in [6.07, 6.45) is 0. The minimum absolute atomic E-state index is 0.0526. The molecule has 0 aliphatic heterocycles. The van der Waals surface area contributed by atoms with E-state index in [-0.39, 0.29) is 5.92 Å². The van der Waals surface area contributed by atoms with Gasteiger partial charge in [0, 0.05) is 16.9 Å². The first-order valence-corrected chi connectivity index (χ1v) is 9.46. The lowest BCUT2D eigenvalue weighted by Crippen LogP contribution is -2.01. The first kappa shape index (κ1) is 18.1. The molecule has 1 heterocycles. The molecule has 0 spiro atoms. The molecule has 0 aliphatic rings. The zero-order valence-corrected chi connectivity index (χ0v) is 15.9. The Balaban J connectivity index is 2.04. The molecule has 0 fully saturated rings. The van der Waals surface area contributed by atoms with Gasteiger partial charge in [0.25, 0.3) is 0 Å². The second-order valence-corrected chi connectivity index (χ2v) is 7.35. The van der Waals surface area contributed by atoms with Crippen LogP contribution in [0.3, 0.4) is 0 Å². The topological polar surface area (TPSA) is 62.5 Å². The van der Waals surface area contributed by atoms with Gasteiger partial charge in [-0.25, -0.2) is 4.98 Å². The van der Waals surface area contributed by atoms with Gasteiger partial charge < -0.3 is 0 Å². The maximum absolute atomic E-state index is 8.97. The van der Waals surface area contributed by atoms with Gasteiger partial charge in [0.15, 0.2) is 0 Å². The fourth-order valence-corrected chi connectivity index (χ4v) is 3.16. The van der Waals surface area contributed by atoms with Gasteiger partial charge in [-0.2, -0.15) is 5.26 Å². The molecule has 5 heteroatoms. The fraction of sp³-hybridized carbons (Fsp3) is 0.238. The van der Waals surface area contributed by atoms with Gasteiger partial charge in [-0.3, -0.25) is 0 Å². The molecule has 0 aliphatic carbocycles. The van der Waals surface area contributed by atoms with Crippen LogP contribution >= 0.6 is 11.8 Å². The van der Waals surface area contributed by atoms with E-state index in [1.165, 1.54) is 22.9 Å². The molecule has 3 aromatic rings. The van der Waals surface area contributed by atoms with Gasteiger partial charge in [0.2, 0.25) is 5.16 Å². The maximum Gasteiger partial charge on any atom is 0.209 e. The molecule has 0 N–H and O–H groups in total. The Labute approximate surface area is 158 Å². The molecule has 1 aromatic heterocycles. The van der Waals surface area contributed by atoms with E-state index < -0.39 is 0 Å². The number of nitrogens with zero attached hydrogens (tertiary/aromatic N) is 4. The molecule has 0 bridgehead atoms. The minimum Gasteiger partial charge on any atom is -0.219 e. The van der Waals surface area contributed by atoms with Gasteiger partial charge >= 0.3 is 0 Å². The number of hydrogen-bond donors (Lipinski definition) is 0. The third-order valence-corrected chi connectivity index (χ3v) is 5.10. The molecule has 0 radical (unpaired) electrons. The zero-order chi connectivity index (χ0) is 18.5. The number of aromatic nitrogens is 3. The molecule has 1 atom stereocenters. The minimum atomic E-state index is -0.0526. The molecule has 0 amide bonds. The van der Waals surface area contributed by atoms with Crippen LogP contribution in [0.15, 0.2) is 53.7 Å². The van der Waals surface area contributed by atoms with Crippen LogP contribution in [-0.4, -0.2) is 20.9 Å². The Hall–Kier alpha value is -2.71. The van der Waals surface area contributed by atoms with E-state index in [0.29, 0.717) is 10.9 Å². The summed E-state index contributed by atoms with van der Waals surface area (Å²) >= 11 is 1.46. The Kier molecular flexibility index (Phi) is 5.65. The molecule has 0 unspecified atom stereocenters. The Bertz CT molecular complexity index is 928. The molecule has 2 aromatic carbocycles. The predicted octanol–water partition coefficient (Wildman–Crippen LogP) is 5.07. The molecule has 4 nitrogen and oxygen atoms in total. The Morgan fingerprint density at radius 2 is 1.42 bits per heavy atom. The highest BCUT2D eigenvalue weighted by Crippen LogP contribution is 2.30. The summed E-state index contributed by atoms with van der Waals surface area (Å²) in [5, 5.41) is 18.3. The van der Waals surface area contributed by atoms with Gasteiger partial charge in [-0.15, -0.1) is 10.2 Å². The maximum atomic E-state index is 8.97. The second-order valence-electron chi connectivity index (χ2n) is 6.36. The summed E-state index contributed by atoms with van der Waals surface area (Å²) in [5.74, 6) is 0.596. The quantitative estimate of drug-likeness (QED) is 0.594. The van der Waals surface area contributed by atoms with Crippen LogP contribution in [-0.2, 0) is 0 Å². The average molecular weight is 360 g/mol. The number of aryl methyl sites for hydroxylation is 2. The Morgan fingerprint density at radius 1 is 0.885 bits per heavy atom. The third kappa shape index (κ3) is 4.27. The molecule has 0 saturated carbocycles. The van der Waals surface area contributed by atoms with Crippen molar-refractivity contribution in [2.24, 2.45) is 5.92 Å². The molecule has 3 rings (SSSR count). The first-order chi connectivity index (χ1) is 12.6. The fourth-order valence-electron chi connectivity index (χ4n) is 2.43. The van der Waals surface area contributed by atoms with Gasteiger partial charge in [0.1, 0.15) is 11.4 Å². The standard InChI is InChI=1S/C21H20N4S/c1-14-4-8-17(9-5-14)19-20(18-10-6-15(2)7-11-18)24-25-21(23-19)26-13-16(3)12-22/h4-11,16H,13H2,1-3H3/t16-/m1/s1. The van der Waals surface area contributed by atoms with Crippen LogP contribution in [0.2, 0.25) is 0 Å². The predicted molar refractivity (Wildman–Crippen MR) is 106 cm³/mol. The van der Waals surface area contributed by atoms with Gasteiger partial charge in [-0.05, 0) is 20.8 Å². The van der Waals surface area contributed by atoms with Crippen LogP contribution in [0.4, 0.5) is 0 Å². The van der Waals surface area contributed by atoms with E-state index in [1.807, 2.05) is 19.1 Å². The number of rotatable bonds is 5. The van der Waals surface area contributed by atoms with Crippen LogP contribution in [0.5, 0.6) is 0 Å². The number of thioether (sulfide) groups is 1. The van der Waals surface area contributed by atoms with Crippen molar-refractivity contribution in [3.05, 3.63) is 59.7 Å². The lowest BCUT2D eigenvalue weighted by atomic mass is 10.0. The van der Waals surface area contributed by atoms with Crippen molar-refractivity contribution in [2.45, 2.75) is 25.9 Å². The Morgan fingerprint density at radius 3 is 1.96 bits per heavy atom. The summed E-state index contributed by atoms with van der Waals surface area (Å²) in [6, 6.07) is 18.7. The molecule has 26 heavy (non-hydrogen) atoms. The second kappa shape index (κ2) is 8.11. The largest absolute Gasteiger partial charge is 0.219 e. The lowest BCUT2D eigenvalue weighted by Gasteiger charge is -2.10. The average Bonchev–Trinajstić information content (AvgIpc) is 2.67. The summed E-state index contributed by atoms with van der Waals surface area (Å²) in [4.78, 5) is 4.76. The van der Waals surface area contributed by atoms with E-state index in [4.69, 9.17) is 10.2 Å². The summed E-state index contributed by atoms with van der Waals surface area (Å²) < 4.78 is 0. The normalized spacial score (nSPS) is 11.8. The molecule has 130 valence electrons. The zero-order valence-electron chi connectivity index (χ0n) is 15.1. The summed E-state index contributed by atoms with van der Waals surface area (Å²) in [5.41, 5.74) is 5.99. The molecular weight excluding hydrogens is 340 g/mol. The van der Waals surface area contributed by atoms with Crippen molar-refractivity contribution in [2.75, 3.05) is 5.75 Å². The van der Waals surface area contributed by atoms with Gasteiger partial charge in [-0.1, -0.05) is 71.4 Å². The monoisotopic (exact) mass is 360 g/mol. The smallest absolute Gasteiger partial charge is 0.209 e. The molecule has 0 saturated heterocycles. The number of benzene rings is 2. The van der Waals surface area contributed by atoms with E-state index in [1.54, 1.807) is 0 Å². The molecular formula is C21H20N4S. The highest BCUT2D eigenvalue weighted by atomic mass is 32.2. The van der Waals surface area contributed by atoms with Crippen molar-refractivity contribution in [1.29, 1.82) is 5.26 Å². The van der Waals surface area contributed by atoms with Crippen molar-refractivity contribution in [1.82, 2.24) is 15.2 Å².